The predicted molar refractivity (Wildman–Crippen MR) is 223 cm³/mol. The third-order valence-corrected chi connectivity index (χ3v) is 8.15. The normalized spacial score (nSPS) is 17.9. The zero-order chi connectivity index (χ0) is 44.6. The monoisotopic (exact) mass is 821 g/mol. The molecule has 1 saturated heterocycles. The first-order valence-electron chi connectivity index (χ1n) is 21.9. The van der Waals surface area contributed by atoms with Crippen LogP contribution < -0.4 is 0 Å². The molecule has 338 valence electrons. The standard InChI is InChI=1S/C24H36O13.4C5H12/c1-4-7-12-33-17(26)14-23(32,20(29)34-13-8-5-2)16-19(28)36-24(9-6-3)35-18(27)15-22(31,10-11-25)21(30)37-24;4*1-3-5-4-2/h11,31-32H,4-10,12-16H2,1-3H3;4*3-5H2,1-2H3. The highest BCUT2D eigenvalue weighted by molar-refractivity contribution is 5.91. The maximum Gasteiger partial charge on any atom is 0.423 e. The van der Waals surface area contributed by atoms with Crippen molar-refractivity contribution in [2.75, 3.05) is 13.2 Å². The number of esters is 5. The first-order valence-corrected chi connectivity index (χ1v) is 21.9. The second kappa shape index (κ2) is 39.8. The molecule has 3 unspecified atom stereocenters. The van der Waals surface area contributed by atoms with Crippen molar-refractivity contribution in [1.82, 2.24) is 0 Å². The number of carbonyl (C=O) groups is 6. The molecule has 0 aliphatic carbocycles. The smallest absolute Gasteiger partial charge is 0.423 e. The van der Waals surface area contributed by atoms with Crippen LogP contribution in [-0.2, 0) is 52.5 Å². The number of carbonyl (C=O) groups excluding carboxylic acids is 6. The molecule has 1 aliphatic rings. The van der Waals surface area contributed by atoms with E-state index in [9.17, 15) is 39.0 Å². The summed E-state index contributed by atoms with van der Waals surface area (Å²) in [4.78, 5) is 73.4. The van der Waals surface area contributed by atoms with Gasteiger partial charge in [-0.3, -0.25) is 14.4 Å². The second-order valence-electron chi connectivity index (χ2n) is 14.2. The molecule has 0 radical (unpaired) electrons. The molecule has 1 heterocycles. The van der Waals surface area contributed by atoms with Gasteiger partial charge in [-0.15, -0.1) is 0 Å². The van der Waals surface area contributed by atoms with E-state index in [0.717, 1.165) is 6.42 Å². The first kappa shape index (κ1) is 60.6. The molecule has 0 bridgehead atoms. The lowest BCUT2D eigenvalue weighted by atomic mass is 9.95. The minimum Gasteiger partial charge on any atom is -0.466 e. The molecule has 13 heteroatoms. The summed E-state index contributed by atoms with van der Waals surface area (Å²) in [5.41, 5.74) is -5.23. The van der Waals surface area contributed by atoms with Crippen molar-refractivity contribution in [2.24, 2.45) is 0 Å². The van der Waals surface area contributed by atoms with Crippen LogP contribution in [0.2, 0.25) is 0 Å². The average molecular weight is 821 g/mol. The third kappa shape index (κ3) is 32.6. The lowest BCUT2D eigenvalue weighted by molar-refractivity contribution is -0.331. The highest BCUT2D eigenvalue weighted by Crippen LogP contribution is 2.33. The van der Waals surface area contributed by atoms with Crippen molar-refractivity contribution in [2.45, 2.75) is 235 Å². The molecular formula is C44H84O13. The average Bonchev–Trinajstić information content (AvgIpc) is 3.22. The van der Waals surface area contributed by atoms with E-state index >= 15 is 0 Å². The van der Waals surface area contributed by atoms with Crippen molar-refractivity contribution in [3.8, 4) is 0 Å². The maximum absolute atomic E-state index is 12.9. The molecular weight excluding hydrogens is 736 g/mol. The molecule has 0 aromatic carbocycles. The van der Waals surface area contributed by atoms with Crippen LogP contribution in [0.1, 0.15) is 217 Å². The minimum absolute atomic E-state index is 0.0377. The summed E-state index contributed by atoms with van der Waals surface area (Å²) >= 11 is 0. The van der Waals surface area contributed by atoms with Crippen molar-refractivity contribution >= 4 is 36.1 Å². The van der Waals surface area contributed by atoms with Crippen LogP contribution in [0.4, 0.5) is 0 Å². The van der Waals surface area contributed by atoms with Crippen LogP contribution in [0, 0.1) is 0 Å². The summed E-state index contributed by atoms with van der Waals surface area (Å²) < 4.78 is 25.2. The molecule has 3 atom stereocenters. The number of unbranched alkanes of at least 4 members (excludes halogenated alkanes) is 10. The second-order valence-corrected chi connectivity index (χ2v) is 14.2. The molecule has 0 aromatic rings. The number of aldehydes is 1. The van der Waals surface area contributed by atoms with Crippen molar-refractivity contribution in [3.63, 3.8) is 0 Å². The summed E-state index contributed by atoms with van der Waals surface area (Å²) in [5.74, 6) is -8.91. The largest absolute Gasteiger partial charge is 0.466 e. The molecule has 57 heavy (non-hydrogen) atoms. The van der Waals surface area contributed by atoms with E-state index in [2.05, 4.69) is 55.4 Å². The van der Waals surface area contributed by atoms with E-state index < -0.39 is 72.7 Å². The Morgan fingerprint density at radius 1 is 0.632 bits per heavy atom. The molecule has 0 amide bonds. The van der Waals surface area contributed by atoms with Crippen LogP contribution in [0.5, 0.6) is 0 Å². The Bertz CT molecular complexity index is 1000. The van der Waals surface area contributed by atoms with E-state index in [1.807, 2.05) is 13.8 Å². The van der Waals surface area contributed by atoms with Crippen LogP contribution in [0.25, 0.3) is 0 Å². The van der Waals surface area contributed by atoms with Crippen molar-refractivity contribution in [1.29, 1.82) is 0 Å². The molecule has 0 spiro atoms. The van der Waals surface area contributed by atoms with Crippen LogP contribution in [0.15, 0.2) is 0 Å². The number of hydrogen-bond acceptors (Lipinski definition) is 13. The van der Waals surface area contributed by atoms with Gasteiger partial charge >= 0.3 is 35.8 Å². The highest BCUT2D eigenvalue weighted by Gasteiger charge is 2.54. The molecule has 0 saturated carbocycles. The lowest BCUT2D eigenvalue weighted by Gasteiger charge is -2.31. The van der Waals surface area contributed by atoms with Gasteiger partial charge in [-0.1, -0.05) is 166 Å². The van der Waals surface area contributed by atoms with E-state index in [0.29, 0.717) is 19.3 Å². The van der Waals surface area contributed by atoms with Crippen LogP contribution >= 0.6 is 0 Å². The zero-order valence-corrected chi connectivity index (χ0v) is 37.9. The van der Waals surface area contributed by atoms with Gasteiger partial charge in [-0.2, -0.15) is 0 Å². The van der Waals surface area contributed by atoms with Gasteiger partial charge in [-0.05, 0) is 19.3 Å². The molecule has 0 aromatic heterocycles. The number of cyclic esters (lactones) is 2. The Labute approximate surface area is 346 Å². The summed E-state index contributed by atoms with van der Waals surface area (Å²) in [6, 6.07) is 0. The van der Waals surface area contributed by atoms with Gasteiger partial charge in [-0.25, -0.2) is 9.59 Å². The Morgan fingerprint density at radius 2 is 1.04 bits per heavy atom. The van der Waals surface area contributed by atoms with Gasteiger partial charge in [0.25, 0.3) is 0 Å². The molecule has 1 aliphatic heterocycles. The third-order valence-electron chi connectivity index (χ3n) is 8.15. The molecule has 13 nitrogen and oxygen atoms in total. The van der Waals surface area contributed by atoms with Crippen molar-refractivity contribution < 1.29 is 62.7 Å². The minimum atomic E-state index is -2.70. The Morgan fingerprint density at radius 3 is 1.40 bits per heavy atom. The summed E-state index contributed by atoms with van der Waals surface area (Å²) in [5, 5.41) is 21.3. The molecule has 1 rings (SSSR count). The zero-order valence-electron chi connectivity index (χ0n) is 37.9. The van der Waals surface area contributed by atoms with E-state index in [-0.39, 0.29) is 32.3 Å². The van der Waals surface area contributed by atoms with Gasteiger partial charge in [0.05, 0.1) is 38.9 Å². The van der Waals surface area contributed by atoms with Gasteiger partial charge in [0.2, 0.25) is 0 Å². The number of rotatable bonds is 24. The van der Waals surface area contributed by atoms with Gasteiger partial charge in [0.15, 0.2) is 11.2 Å². The van der Waals surface area contributed by atoms with E-state index in [1.54, 1.807) is 6.92 Å². The fraction of sp³-hybridized carbons (Fsp3) is 0.864. The molecule has 2 N–H and O–H groups in total. The van der Waals surface area contributed by atoms with Gasteiger partial charge in [0, 0.05) is 6.42 Å². The Hall–Kier alpha value is -3.06. The van der Waals surface area contributed by atoms with Crippen LogP contribution in [0.3, 0.4) is 0 Å². The SMILES string of the molecule is CCCCC.CCCCC.CCCCC.CCCCC.CCCCOC(=O)CC(O)(CC(=O)OC1(CCC)OC(=O)CC(O)(CC=O)C(=O)O1)C(=O)OCCCC. The van der Waals surface area contributed by atoms with Gasteiger partial charge < -0.3 is 38.7 Å². The topological polar surface area (TPSA) is 189 Å². The summed E-state index contributed by atoms with van der Waals surface area (Å²) in [6.45, 7) is 22.9. The number of aliphatic hydroxyl groups is 2. The first-order chi connectivity index (χ1) is 27.0. The number of ether oxygens (including phenoxy) is 5. The summed E-state index contributed by atoms with van der Waals surface area (Å²) in [7, 11) is 0. The quantitative estimate of drug-likeness (QED) is 0.0405. The highest BCUT2D eigenvalue weighted by atomic mass is 16.9. The fourth-order valence-corrected chi connectivity index (χ4v) is 4.70. The van der Waals surface area contributed by atoms with Crippen molar-refractivity contribution in [3.05, 3.63) is 0 Å². The number of hydrogen-bond donors (Lipinski definition) is 2. The van der Waals surface area contributed by atoms with E-state index in [4.69, 9.17) is 23.7 Å². The summed E-state index contributed by atoms with van der Waals surface area (Å²) in [6.07, 6.45) is 14.9. The molecule has 1 fully saturated rings. The predicted octanol–water partition coefficient (Wildman–Crippen LogP) is 9.78. The van der Waals surface area contributed by atoms with Gasteiger partial charge in [0.1, 0.15) is 6.29 Å². The lowest BCUT2D eigenvalue weighted by Crippen LogP contribution is -2.49. The van der Waals surface area contributed by atoms with Crippen LogP contribution in [-0.4, -0.2) is 76.7 Å². The van der Waals surface area contributed by atoms with E-state index in [1.165, 1.54) is 77.0 Å². The fourth-order valence-electron chi connectivity index (χ4n) is 4.70. The Balaban J connectivity index is -0.000000572. The maximum atomic E-state index is 12.9. The Kier molecular flexibility index (Phi) is 42.3.